The number of ether oxygens (including phenoxy) is 1. The van der Waals surface area contributed by atoms with Crippen molar-refractivity contribution in [2.24, 2.45) is 0 Å². The summed E-state index contributed by atoms with van der Waals surface area (Å²) >= 11 is 5.87. The number of anilines is 1. The molecule has 2 aromatic carbocycles. The number of benzene rings is 2. The first-order chi connectivity index (χ1) is 11.2. The number of halogens is 1. The van der Waals surface area contributed by atoms with Crippen LogP contribution in [0.3, 0.4) is 0 Å². The first kappa shape index (κ1) is 16.9. The fraction of sp³-hybridized carbons (Fsp3) is 0. The number of hydrogen-bond donors (Lipinski definition) is 1. The molecule has 24 heavy (non-hydrogen) atoms. The summed E-state index contributed by atoms with van der Waals surface area (Å²) in [6.45, 7) is 0. The summed E-state index contributed by atoms with van der Waals surface area (Å²) in [5.74, 6) is -1.05. The van der Waals surface area contributed by atoms with Crippen molar-refractivity contribution < 1.29 is 19.5 Å². The zero-order valence-electron chi connectivity index (χ0n) is 11.5. The Morgan fingerprint density at radius 3 is 1.88 bits per heavy atom. The minimum Gasteiger partial charge on any atom is -0.440 e. The van der Waals surface area contributed by atoms with Crippen LogP contribution in [0.25, 0.3) is 0 Å². The van der Waals surface area contributed by atoms with E-state index < -0.39 is 37.6 Å². The third kappa shape index (κ3) is 3.15. The maximum Gasteiger partial charge on any atom is 0.325 e. The number of nitro groups is 3. The Morgan fingerprint density at radius 2 is 1.46 bits per heavy atom. The molecule has 124 valence electrons. The van der Waals surface area contributed by atoms with E-state index in [1.165, 1.54) is 18.2 Å². The van der Waals surface area contributed by atoms with Crippen LogP contribution < -0.4 is 10.5 Å². The van der Waals surface area contributed by atoms with E-state index in [-0.39, 0.29) is 16.5 Å². The lowest BCUT2D eigenvalue weighted by molar-refractivity contribution is -0.404. The number of para-hydroxylation sites is 1. The van der Waals surface area contributed by atoms with Gasteiger partial charge in [-0.05, 0) is 12.1 Å². The van der Waals surface area contributed by atoms with Gasteiger partial charge in [0.1, 0.15) is 0 Å². The number of nitrogens with zero attached hydrogens (tertiary/aromatic N) is 3. The molecular formula is C12H7ClN4O7. The lowest BCUT2D eigenvalue weighted by Crippen LogP contribution is -2.02. The van der Waals surface area contributed by atoms with Gasteiger partial charge < -0.3 is 10.5 Å². The van der Waals surface area contributed by atoms with Gasteiger partial charge in [0, 0.05) is 0 Å². The van der Waals surface area contributed by atoms with Crippen LogP contribution in [-0.2, 0) is 0 Å². The predicted molar refractivity (Wildman–Crippen MR) is 82.3 cm³/mol. The molecule has 0 bridgehead atoms. The Bertz CT molecular complexity index is 815. The quantitative estimate of drug-likeness (QED) is 0.484. The van der Waals surface area contributed by atoms with E-state index in [0.29, 0.717) is 12.1 Å². The van der Waals surface area contributed by atoms with Crippen molar-refractivity contribution in [3.8, 4) is 11.5 Å². The molecule has 0 radical (unpaired) electrons. The largest absolute Gasteiger partial charge is 0.440 e. The highest BCUT2D eigenvalue weighted by atomic mass is 35.5. The molecule has 0 aliphatic carbocycles. The van der Waals surface area contributed by atoms with Gasteiger partial charge in [-0.2, -0.15) is 0 Å². The normalized spacial score (nSPS) is 10.2. The summed E-state index contributed by atoms with van der Waals surface area (Å²) in [5, 5.41) is 33.1. The van der Waals surface area contributed by atoms with Crippen LogP contribution in [0.2, 0.25) is 5.02 Å². The van der Waals surface area contributed by atoms with Gasteiger partial charge in [-0.25, -0.2) is 0 Å². The summed E-state index contributed by atoms with van der Waals surface area (Å²) in [6.07, 6.45) is 0. The second-order valence-electron chi connectivity index (χ2n) is 4.34. The van der Waals surface area contributed by atoms with E-state index in [1.54, 1.807) is 0 Å². The Kier molecular flexibility index (Phi) is 4.46. The second-order valence-corrected chi connectivity index (χ2v) is 4.75. The van der Waals surface area contributed by atoms with Crippen LogP contribution >= 0.6 is 11.6 Å². The number of nitrogens with two attached hydrogens (primary N) is 1. The van der Waals surface area contributed by atoms with Gasteiger partial charge in [-0.15, -0.1) is 0 Å². The van der Waals surface area contributed by atoms with E-state index in [1.807, 2.05) is 0 Å². The number of hydrogen-bond acceptors (Lipinski definition) is 8. The second kappa shape index (κ2) is 6.34. The van der Waals surface area contributed by atoms with Crippen molar-refractivity contribution in [1.82, 2.24) is 0 Å². The average Bonchev–Trinajstić information content (AvgIpc) is 2.50. The zero-order chi connectivity index (χ0) is 18.0. The van der Waals surface area contributed by atoms with Gasteiger partial charge >= 0.3 is 11.4 Å². The molecule has 0 aliphatic heterocycles. The molecule has 0 unspecified atom stereocenters. The highest BCUT2D eigenvalue weighted by molar-refractivity contribution is 6.32. The third-order valence-corrected chi connectivity index (χ3v) is 3.14. The van der Waals surface area contributed by atoms with Gasteiger partial charge in [0.25, 0.3) is 11.4 Å². The predicted octanol–water partition coefficient (Wildman–Crippen LogP) is 3.44. The van der Waals surface area contributed by atoms with Crippen LogP contribution in [-0.4, -0.2) is 14.8 Å². The summed E-state index contributed by atoms with van der Waals surface area (Å²) in [6, 6.07) is 5.30. The van der Waals surface area contributed by atoms with Gasteiger partial charge in [0.2, 0.25) is 0 Å². The molecule has 0 aromatic heterocycles. The van der Waals surface area contributed by atoms with Crippen molar-refractivity contribution in [3.05, 3.63) is 65.7 Å². The van der Waals surface area contributed by atoms with Crippen molar-refractivity contribution in [1.29, 1.82) is 0 Å². The van der Waals surface area contributed by atoms with E-state index >= 15 is 0 Å². The summed E-state index contributed by atoms with van der Waals surface area (Å²) < 4.78 is 5.20. The van der Waals surface area contributed by atoms with Crippen LogP contribution in [0.15, 0.2) is 30.3 Å². The minimum atomic E-state index is -1.04. The molecule has 0 aliphatic rings. The van der Waals surface area contributed by atoms with E-state index in [0.717, 1.165) is 0 Å². The first-order valence-corrected chi connectivity index (χ1v) is 6.43. The van der Waals surface area contributed by atoms with Crippen LogP contribution in [0, 0.1) is 30.3 Å². The SMILES string of the molecule is Nc1cccc(Cl)c1Oc1c([N+](=O)[O-])cc([N+](=O)[O-])cc1[N+](=O)[O-]. The smallest absolute Gasteiger partial charge is 0.325 e. The molecular weight excluding hydrogens is 348 g/mol. The van der Waals surface area contributed by atoms with Gasteiger partial charge in [0.15, 0.2) is 5.75 Å². The fourth-order valence-corrected chi connectivity index (χ4v) is 2.02. The number of rotatable bonds is 5. The molecule has 2 N–H and O–H groups in total. The maximum absolute atomic E-state index is 11.1. The lowest BCUT2D eigenvalue weighted by Gasteiger charge is -2.10. The topological polar surface area (TPSA) is 165 Å². The van der Waals surface area contributed by atoms with Gasteiger partial charge in [0.05, 0.1) is 37.6 Å². The molecule has 12 heteroatoms. The molecule has 0 saturated carbocycles. The number of nitrogen functional groups attached to an aromatic ring is 1. The first-order valence-electron chi connectivity index (χ1n) is 6.05. The van der Waals surface area contributed by atoms with Crippen molar-refractivity contribution in [2.45, 2.75) is 0 Å². The highest BCUT2D eigenvalue weighted by Crippen LogP contribution is 2.45. The van der Waals surface area contributed by atoms with Crippen LogP contribution in [0.4, 0.5) is 22.7 Å². The molecule has 0 saturated heterocycles. The molecule has 0 amide bonds. The Hall–Kier alpha value is -3.47. The molecule has 0 atom stereocenters. The number of non-ortho nitro benzene ring substituents is 1. The Balaban J connectivity index is 2.74. The third-order valence-electron chi connectivity index (χ3n) is 2.84. The maximum atomic E-state index is 11.1. The molecule has 2 aromatic rings. The summed E-state index contributed by atoms with van der Waals surface area (Å²) in [4.78, 5) is 30.0. The van der Waals surface area contributed by atoms with Crippen LogP contribution in [0.5, 0.6) is 11.5 Å². The lowest BCUT2D eigenvalue weighted by atomic mass is 10.2. The minimum absolute atomic E-state index is 0.0237. The van der Waals surface area contributed by atoms with Crippen molar-refractivity contribution in [3.63, 3.8) is 0 Å². The van der Waals surface area contributed by atoms with Crippen molar-refractivity contribution >= 4 is 34.4 Å². The van der Waals surface area contributed by atoms with Crippen molar-refractivity contribution in [2.75, 3.05) is 5.73 Å². The van der Waals surface area contributed by atoms with Gasteiger partial charge in [-0.3, -0.25) is 30.3 Å². The monoisotopic (exact) mass is 354 g/mol. The van der Waals surface area contributed by atoms with Crippen LogP contribution in [0.1, 0.15) is 0 Å². The molecule has 0 heterocycles. The molecule has 11 nitrogen and oxygen atoms in total. The average molecular weight is 355 g/mol. The standard InChI is InChI=1S/C12H7ClN4O7/c13-7-2-1-3-8(14)11(7)24-12-9(16(20)21)4-6(15(18)19)5-10(12)17(22)23/h1-5H,14H2. The Labute approximate surface area is 137 Å². The Morgan fingerprint density at radius 1 is 0.917 bits per heavy atom. The van der Waals surface area contributed by atoms with E-state index in [2.05, 4.69) is 0 Å². The van der Waals surface area contributed by atoms with E-state index in [4.69, 9.17) is 22.1 Å². The molecule has 0 fully saturated rings. The molecule has 2 rings (SSSR count). The highest BCUT2D eigenvalue weighted by Gasteiger charge is 2.33. The fourth-order valence-electron chi connectivity index (χ4n) is 1.80. The summed E-state index contributed by atoms with van der Waals surface area (Å²) in [5.41, 5.74) is 2.87. The molecule has 0 spiro atoms. The number of nitro benzene ring substituents is 3. The zero-order valence-corrected chi connectivity index (χ0v) is 12.3. The summed E-state index contributed by atoms with van der Waals surface area (Å²) in [7, 11) is 0. The van der Waals surface area contributed by atoms with E-state index in [9.17, 15) is 30.3 Å². The van der Waals surface area contributed by atoms with Gasteiger partial charge in [-0.1, -0.05) is 17.7 Å².